The van der Waals surface area contributed by atoms with E-state index < -0.39 is 8.32 Å². The van der Waals surface area contributed by atoms with Crippen LogP contribution >= 0.6 is 0 Å². The van der Waals surface area contributed by atoms with E-state index in [1.165, 1.54) is 11.1 Å². The van der Waals surface area contributed by atoms with Crippen LogP contribution in [0.2, 0.25) is 16.6 Å². The molecule has 1 aliphatic rings. The second-order valence-corrected chi connectivity index (χ2v) is 17.7. The number of benzene rings is 2. The quantitative estimate of drug-likeness (QED) is 0.150. The van der Waals surface area contributed by atoms with Crippen LogP contribution in [0.4, 0.5) is 0 Å². The summed E-state index contributed by atoms with van der Waals surface area (Å²) in [4.78, 5) is 0. The summed E-state index contributed by atoms with van der Waals surface area (Å²) in [6.45, 7) is 16.7. The van der Waals surface area contributed by atoms with Gasteiger partial charge < -0.3 is 18.6 Å². The van der Waals surface area contributed by atoms with Gasteiger partial charge in [-0.15, -0.1) is 0 Å². The van der Waals surface area contributed by atoms with E-state index in [9.17, 15) is 0 Å². The van der Waals surface area contributed by atoms with Crippen molar-refractivity contribution in [3.8, 4) is 0 Å². The molecule has 0 N–H and O–H groups in total. The molecule has 2 aromatic carbocycles. The number of hydrogen-bond donors (Lipinski definition) is 0. The van der Waals surface area contributed by atoms with Gasteiger partial charge in [0.15, 0.2) is 8.32 Å². The zero-order valence-corrected chi connectivity index (χ0v) is 26.9. The fraction of sp³-hybridized carbons (Fsp3) is 0.600. The molecule has 40 heavy (non-hydrogen) atoms. The largest absolute Gasteiger partial charge is 0.490 e. The number of rotatable bonds is 16. The molecule has 5 heteroatoms. The van der Waals surface area contributed by atoms with Gasteiger partial charge in [0.25, 0.3) is 0 Å². The first-order chi connectivity index (χ1) is 19.3. The second kappa shape index (κ2) is 17.1. The van der Waals surface area contributed by atoms with Gasteiger partial charge in [-0.1, -0.05) is 102 Å². The third-order valence-electron chi connectivity index (χ3n) is 8.36. The molecule has 0 fully saturated rings. The van der Waals surface area contributed by atoms with Crippen LogP contribution in [0, 0.1) is 0 Å². The summed E-state index contributed by atoms with van der Waals surface area (Å²) in [7, 11) is -1.81. The van der Waals surface area contributed by atoms with E-state index in [0.29, 0.717) is 36.4 Å². The SMILES string of the molecule is CC(C)[Si](OCCCC/C1=C/CCC[C@H](OCc2ccccc2)[C@@H](COCc2ccccc2)O1)(C(C)C)C(C)C. The molecule has 0 saturated heterocycles. The lowest BCUT2D eigenvalue weighted by molar-refractivity contribution is -0.0989. The standard InChI is InChI=1S/C35H54O4Si/c1-28(2)40(29(3)4,30(5)6)38-24-16-15-22-33-21-13-14-23-34(37-26-32-19-11-8-12-20-32)35(39-33)27-36-25-31-17-9-7-10-18-31/h7-12,17-21,28-30,34-35H,13-16,22-27H2,1-6H3/b33-21-/t34-,35+/m0/s1. The Bertz CT molecular complexity index is 952. The lowest BCUT2D eigenvalue weighted by Crippen LogP contribution is -2.47. The molecule has 2 aromatic rings. The first kappa shape index (κ1) is 32.6. The maximum absolute atomic E-state index is 6.79. The minimum absolute atomic E-state index is 0.00208. The Hall–Kier alpha value is -1.92. The van der Waals surface area contributed by atoms with Gasteiger partial charge in [0, 0.05) is 13.0 Å². The molecule has 222 valence electrons. The molecular weight excluding hydrogens is 512 g/mol. The number of hydrogen-bond acceptors (Lipinski definition) is 4. The Kier molecular flexibility index (Phi) is 14.0. The summed E-state index contributed by atoms with van der Waals surface area (Å²) in [5.41, 5.74) is 4.22. The molecule has 1 heterocycles. The van der Waals surface area contributed by atoms with Gasteiger partial charge in [-0.25, -0.2) is 0 Å². The summed E-state index contributed by atoms with van der Waals surface area (Å²) in [5.74, 6) is 1.08. The van der Waals surface area contributed by atoms with Crippen molar-refractivity contribution in [2.75, 3.05) is 13.2 Å². The summed E-state index contributed by atoms with van der Waals surface area (Å²) >= 11 is 0. The molecule has 4 nitrogen and oxygen atoms in total. The first-order valence-corrected chi connectivity index (χ1v) is 17.7. The predicted octanol–water partition coefficient (Wildman–Crippen LogP) is 9.60. The summed E-state index contributed by atoms with van der Waals surface area (Å²) in [6, 6.07) is 20.8. The van der Waals surface area contributed by atoms with Gasteiger partial charge in [0.1, 0.15) is 6.10 Å². The van der Waals surface area contributed by atoms with Crippen molar-refractivity contribution in [1.29, 1.82) is 0 Å². The molecule has 0 aliphatic carbocycles. The summed E-state index contributed by atoms with van der Waals surface area (Å²) < 4.78 is 26.1. The lowest BCUT2D eigenvalue weighted by Gasteiger charge is -2.42. The molecule has 0 unspecified atom stereocenters. The Morgan fingerprint density at radius 2 is 1.40 bits per heavy atom. The van der Waals surface area contributed by atoms with E-state index in [4.69, 9.17) is 18.6 Å². The van der Waals surface area contributed by atoms with Crippen LogP contribution in [-0.2, 0) is 31.9 Å². The van der Waals surface area contributed by atoms with Crippen LogP contribution in [0.3, 0.4) is 0 Å². The van der Waals surface area contributed by atoms with Crippen molar-refractivity contribution in [2.45, 2.75) is 122 Å². The molecule has 0 spiro atoms. The van der Waals surface area contributed by atoms with E-state index >= 15 is 0 Å². The second-order valence-electron chi connectivity index (χ2n) is 12.2. The van der Waals surface area contributed by atoms with Crippen molar-refractivity contribution in [3.05, 3.63) is 83.6 Å². The third kappa shape index (κ3) is 9.87. The molecule has 3 rings (SSSR count). The van der Waals surface area contributed by atoms with Gasteiger partial charge in [0.05, 0.1) is 31.7 Å². The fourth-order valence-electron chi connectivity index (χ4n) is 6.37. The predicted molar refractivity (Wildman–Crippen MR) is 169 cm³/mol. The molecule has 0 bridgehead atoms. The minimum Gasteiger partial charge on any atom is -0.490 e. The number of allylic oxidation sites excluding steroid dienone is 2. The highest BCUT2D eigenvalue weighted by atomic mass is 28.4. The summed E-state index contributed by atoms with van der Waals surface area (Å²) in [5, 5.41) is 0. The topological polar surface area (TPSA) is 36.9 Å². The normalized spacial score (nSPS) is 19.8. The van der Waals surface area contributed by atoms with Crippen LogP contribution < -0.4 is 0 Å². The maximum atomic E-state index is 6.79. The van der Waals surface area contributed by atoms with Gasteiger partial charge in [0.2, 0.25) is 0 Å². The van der Waals surface area contributed by atoms with E-state index in [1.54, 1.807) is 0 Å². The van der Waals surface area contributed by atoms with Crippen molar-refractivity contribution >= 4 is 8.32 Å². The van der Waals surface area contributed by atoms with Crippen LogP contribution in [0.1, 0.15) is 91.2 Å². The van der Waals surface area contributed by atoms with Gasteiger partial charge in [-0.05, 0) is 65.9 Å². The third-order valence-corrected chi connectivity index (χ3v) is 14.5. The van der Waals surface area contributed by atoms with Crippen LogP contribution in [-0.4, -0.2) is 33.7 Å². The first-order valence-electron chi connectivity index (χ1n) is 15.6. The Balaban J connectivity index is 1.57. The number of ether oxygens (including phenoxy) is 3. The average molecular weight is 567 g/mol. The maximum Gasteiger partial charge on any atom is 0.200 e. The summed E-state index contributed by atoms with van der Waals surface area (Å²) in [6.07, 6.45) is 8.32. The van der Waals surface area contributed by atoms with Crippen molar-refractivity contribution in [1.82, 2.24) is 0 Å². The van der Waals surface area contributed by atoms with Crippen LogP contribution in [0.5, 0.6) is 0 Å². The number of unbranched alkanes of at least 4 members (excludes halogenated alkanes) is 1. The van der Waals surface area contributed by atoms with Gasteiger partial charge >= 0.3 is 0 Å². The molecule has 1 aliphatic heterocycles. The Morgan fingerprint density at radius 1 is 0.800 bits per heavy atom. The van der Waals surface area contributed by atoms with Crippen molar-refractivity contribution in [2.24, 2.45) is 0 Å². The average Bonchev–Trinajstić information content (AvgIpc) is 2.93. The van der Waals surface area contributed by atoms with E-state index in [0.717, 1.165) is 50.9 Å². The van der Waals surface area contributed by atoms with Gasteiger partial charge in [-0.3, -0.25) is 0 Å². The van der Waals surface area contributed by atoms with E-state index in [1.807, 2.05) is 12.1 Å². The van der Waals surface area contributed by atoms with Crippen LogP contribution in [0.15, 0.2) is 72.5 Å². The zero-order chi connectivity index (χ0) is 28.8. The van der Waals surface area contributed by atoms with Crippen molar-refractivity contribution in [3.63, 3.8) is 0 Å². The van der Waals surface area contributed by atoms with Gasteiger partial charge in [-0.2, -0.15) is 0 Å². The molecule has 0 radical (unpaired) electrons. The Labute approximate surface area is 245 Å². The highest BCUT2D eigenvalue weighted by molar-refractivity contribution is 6.77. The fourth-order valence-corrected chi connectivity index (χ4v) is 11.9. The smallest absolute Gasteiger partial charge is 0.200 e. The molecule has 2 atom stereocenters. The molecule has 0 amide bonds. The van der Waals surface area contributed by atoms with E-state index in [-0.39, 0.29) is 12.2 Å². The highest BCUT2D eigenvalue weighted by Gasteiger charge is 2.44. The molecular formula is C35H54O4Si. The minimum atomic E-state index is -1.81. The lowest BCUT2D eigenvalue weighted by atomic mass is 10.0. The molecule has 0 saturated carbocycles. The monoisotopic (exact) mass is 566 g/mol. The molecule has 0 aromatic heterocycles. The zero-order valence-electron chi connectivity index (χ0n) is 25.9. The highest BCUT2D eigenvalue weighted by Crippen LogP contribution is 2.42. The van der Waals surface area contributed by atoms with E-state index in [2.05, 4.69) is 96.1 Å². The van der Waals surface area contributed by atoms with Crippen molar-refractivity contribution < 1.29 is 18.6 Å². The van der Waals surface area contributed by atoms with Crippen LogP contribution in [0.25, 0.3) is 0 Å². The Morgan fingerprint density at radius 3 is 2.00 bits per heavy atom.